The van der Waals surface area contributed by atoms with Crippen molar-refractivity contribution in [2.45, 2.75) is 39.2 Å². The Morgan fingerprint density at radius 3 is 2.85 bits per heavy atom. The Morgan fingerprint density at radius 1 is 1.46 bits per heavy atom. The summed E-state index contributed by atoms with van der Waals surface area (Å²) in [5.41, 5.74) is 2.61. The second-order valence-electron chi connectivity index (χ2n) is 3.39. The lowest BCUT2D eigenvalue weighted by Gasteiger charge is -2.07. The van der Waals surface area contributed by atoms with Crippen LogP contribution in [-0.4, -0.2) is 16.2 Å². The number of pyridine rings is 1. The molecule has 0 amide bonds. The summed E-state index contributed by atoms with van der Waals surface area (Å²) in [5.74, 6) is 0. The Kier molecular flexibility index (Phi) is 3.90. The first-order valence-corrected chi connectivity index (χ1v) is 4.84. The van der Waals surface area contributed by atoms with Gasteiger partial charge in [0.25, 0.3) is 0 Å². The number of hydrogen-bond donors (Lipinski definition) is 1. The molecule has 1 atom stereocenters. The fourth-order valence-corrected chi connectivity index (χ4v) is 1.38. The monoisotopic (exact) mass is 179 g/mol. The molecule has 13 heavy (non-hydrogen) atoms. The highest BCUT2D eigenvalue weighted by molar-refractivity contribution is 5.23. The maximum absolute atomic E-state index is 9.16. The first-order valence-electron chi connectivity index (χ1n) is 4.84. The lowest BCUT2D eigenvalue weighted by Crippen LogP contribution is -2.03. The van der Waals surface area contributed by atoms with Gasteiger partial charge >= 0.3 is 0 Å². The van der Waals surface area contributed by atoms with Crippen LogP contribution in [0.1, 0.15) is 31.4 Å². The Balaban J connectivity index is 2.64. The van der Waals surface area contributed by atoms with Crippen LogP contribution >= 0.6 is 0 Å². The molecule has 1 aromatic heterocycles. The van der Waals surface area contributed by atoms with Gasteiger partial charge in [-0.15, -0.1) is 0 Å². The van der Waals surface area contributed by atoms with Crippen LogP contribution in [0.4, 0.5) is 0 Å². The van der Waals surface area contributed by atoms with Crippen molar-refractivity contribution in [3.63, 3.8) is 0 Å². The van der Waals surface area contributed by atoms with Crippen LogP contribution in [0.3, 0.4) is 0 Å². The van der Waals surface area contributed by atoms with Crippen molar-refractivity contribution in [2.24, 2.45) is 0 Å². The van der Waals surface area contributed by atoms with E-state index in [0.29, 0.717) is 0 Å². The van der Waals surface area contributed by atoms with Crippen LogP contribution in [0.15, 0.2) is 18.5 Å². The second-order valence-corrected chi connectivity index (χ2v) is 3.39. The molecule has 0 bridgehead atoms. The van der Waals surface area contributed by atoms with Crippen molar-refractivity contribution >= 4 is 0 Å². The molecule has 0 aromatic carbocycles. The van der Waals surface area contributed by atoms with Crippen LogP contribution in [-0.2, 0) is 12.8 Å². The van der Waals surface area contributed by atoms with E-state index in [2.05, 4.69) is 11.9 Å². The predicted octanol–water partition coefficient (Wildman–Crippen LogP) is 1.96. The molecular weight excluding hydrogens is 162 g/mol. The number of aliphatic hydroxyl groups excluding tert-OH is 1. The Bertz CT molecular complexity index is 258. The molecule has 1 unspecified atom stereocenters. The highest BCUT2D eigenvalue weighted by Crippen LogP contribution is 2.11. The molecule has 72 valence electrons. The molecule has 0 aliphatic rings. The Morgan fingerprint density at radius 2 is 2.23 bits per heavy atom. The molecular formula is C11H17NO. The largest absolute Gasteiger partial charge is 0.393 e. The molecule has 1 rings (SSSR count). The van der Waals surface area contributed by atoms with Gasteiger partial charge in [0.05, 0.1) is 6.10 Å². The molecule has 1 heterocycles. The molecule has 2 nitrogen and oxygen atoms in total. The summed E-state index contributed by atoms with van der Waals surface area (Å²) in [6.07, 6.45) is 6.31. The molecule has 0 radical (unpaired) electrons. The van der Waals surface area contributed by atoms with E-state index in [4.69, 9.17) is 5.11 Å². The molecule has 0 fully saturated rings. The quantitative estimate of drug-likeness (QED) is 0.766. The van der Waals surface area contributed by atoms with E-state index in [0.717, 1.165) is 19.3 Å². The van der Waals surface area contributed by atoms with E-state index < -0.39 is 0 Å². The topological polar surface area (TPSA) is 33.1 Å². The van der Waals surface area contributed by atoms with Crippen molar-refractivity contribution in [2.75, 3.05) is 0 Å². The summed E-state index contributed by atoms with van der Waals surface area (Å²) in [7, 11) is 0. The third kappa shape index (κ3) is 3.15. The lowest BCUT2D eigenvalue weighted by molar-refractivity contribution is 0.185. The number of aryl methyl sites for hydroxylation is 2. The third-order valence-corrected chi connectivity index (χ3v) is 2.22. The minimum absolute atomic E-state index is 0.210. The highest BCUT2D eigenvalue weighted by Gasteiger charge is 2.02. The maximum atomic E-state index is 9.16. The molecule has 0 saturated carbocycles. The van der Waals surface area contributed by atoms with Crippen molar-refractivity contribution < 1.29 is 5.11 Å². The molecule has 0 aliphatic carbocycles. The maximum Gasteiger partial charge on any atom is 0.0515 e. The second kappa shape index (κ2) is 4.97. The van der Waals surface area contributed by atoms with E-state index >= 15 is 0 Å². The molecule has 1 N–H and O–H groups in total. The summed E-state index contributed by atoms with van der Waals surface area (Å²) in [6.45, 7) is 3.95. The smallest absolute Gasteiger partial charge is 0.0515 e. The third-order valence-electron chi connectivity index (χ3n) is 2.22. The van der Waals surface area contributed by atoms with Gasteiger partial charge in [-0.2, -0.15) is 0 Å². The minimum Gasteiger partial charge on any atom is -0.393 e. The molecule has 0 spiro atoms. The zero-order chi connectivity index (χ0) is 9.68. The summed E-state index contributed by atoms with van der Waals surface area (Å²) >= 11 is 0. The van der Waals surface area contributed by atoms with Crippen LogP contribution < -0.4 is 0 Å². The first kappa shape index (κ1) is 10.2. The van der Waals surface area contributed by atoms with Gasteiger partial charge in [0, 0.05) is 12.4 Å². The fraction of sp³-hybridized carbons (Fsp3) is 0.545. The van der Waals surface area contributed by atoms with E-state index in [-0.39, 0.29) is 6.10 Å². The van der Waals surface area contributed by atoms with Gasteiger partial charge in [-0.25, -0.2) is 0 Å². The van der Waals surface area contributed by atoms with Crippen molar-refractivity contribution in [1.29, 1.82) is 0 Å². The van der Waals surface area contributed by atoms with Gasteiger partial charge in [0.2, 0.25) is 0 Å². The number of rotatable bonds is 4. The van der Waals surface area contributed by atoms with Crippen molar-refractivity contribution in [1.82, 2.24) is 4.98 Å². The molecule has 1 aromatic rings. The number of hydrogen-bond acceptors (Lipinski definition) is 2. The number of nitrogens with zero attached hydrogens (tertiary/aromatic N) is 1. The first-order chi connectivity index (χ1) is 6.24. The summed E-state index contributed by atoms with van der Waals surface area (Å²) in [6, 6.07) is 2.04. The minimum atomic E-state index is -0.210. The van der Waals surface area contributed by atoms with E-state index in [9.17, 15) is 0 Å². The number of aliphatic hydroxyl groups is 1. The summed E-state index contributed by atoms with van der Waals surface area (Å²) in [5, 5.41) is 9.16. The Labute approximate surface area is 79.6 Å². The normalized spacial score (nSPS) is 12.8. The fourth-order valence-electron chi connectivity index (χ4n) is 1.38. The number of aromatic nitrogens is 1. The van der Waals surface area contributed by atoms with Gasteiger partial charge in [-0.1, -0.05) is 6.92 Å². The lowest BCUT2D eigenvalue weighted by atomic mass is 10.0. The van der Waals surface area contributed by atoms with Gasteiger partial charge in [0.15, 0.2) is 0 Å². The van der Waals surface area contributed by atoms with Gasteiger partial charge in [-0.05, 0) is 43.4 Å². The van der Waals surface area contributed by atoms with Gasteiger partial charge in [0.1, 0.15) is 0 Å². The molecule has 0 saturated heterocycles. The van der Waals surface area contributed by atoms with E-state index in [1.54, 1.807) is 0 Å². The SMILES string of the molecule is CCc1cnccc1CCC(C)O. The van der Waals surface area contributed by atoms with E-state index in [1.807, 2.05) is 25.4 Å². The average Bonchev–Trinajstić information content (AvgIpc) is 2.15. The summed E-state index contributed by atoms with van der Waals surface area (Å²) in [4.78, 5) is 4.08. The standard InChI is InChI=1S/C11H17NO/c1-3-10-8-12-7-6-11(10)5-4-9(2)13/h6-9,13H,3-5H2,1-2H3. The van der Waals surface area contributed by atoms with Gasteiger partial charge < -0.3 is 5.11 Å². The molecule has 0 aliphatic heterocycles. The van der Waals surface area contributed by atoms with Crippen molar-refractivity contribution in [3.8, 4) is 0 Å². The average molecular weight is 179 g/mol. The van der Waals surface area contributed by atoms with Gasteiger partial charge in [-0.3, -0.25) is 4.98 Å². The predicted molar refractivity (Wildman–Crippen MR) is 53.6 cm³/mol. The van der Waals surface area contributed by atoms with Crippen molar-refractivity contribution in [3.05, 3.63) is 29.6 Å². The van der Waals surface area contributed by atoms with Crippen LogP contribution in [0.5, 0.6) is 0 Å². The van der Waals surface area contributed by atoms with E-state index in [1.165, 1.54) is 11.1 Å². The zero-order valence-electron chi connectivity index (χ0n) is 8.33. The van der Waals surface area contributed by atoms with Crippen LogP contribution in [0, 0.1) is 0 Å². The Hall–Kier alpha value is -0.890. The molecule has 2 heteroatoms. The van der Waals surface area contributed by atoms with Crippen LogP contribution in [0.2, 0.25) is 0 Å². The summed E-state index contributed by atoms with van der Waals surface area (Å²) < 4.78 is 0. The zero-order valence-corrected chi connectivity index (χ0v) is 8.33. The highest BCUT2D eigenvalue weighted by atomic mass is 16.3. The van der Waals surface area contributed by atoms with Crippen LogP contribution in [0.25, 0.3) is 0 Å².